The molecule has 0 fully saturated rings. The number of nitrogens with one attached hydrogen (secondary N) is 1. The fourth-order valence-corrected chi connectivity index (χ4v) is 4.29. The van der Waals surface area contributed by atoms with Crippen molar-refractivity contribution in [3.8, 4) is 23.0 Å². The van der Waals surface area contributed by atoms with Crippen LogP contribution in [0.3, 0.4) is 0 Å². The molecule has 1 atom stereocenters. The fraction of sp³-hybridized carbons (Fsp3) is 0.192. The van der Waals surface area contributed by atoms with Crippen LogP contribution in [0.1, 0.15) is 21.9 Å². The van der Waals surface area contributed by atoms with E-state index >= 15 is 0 Å². The van der Waals surface area contributed by atoms with Gasteiger partial charge in [0.1, 0.15) is 5.25 Å². The normalized spacial score (nSPS) is 11.6. The van der Waals surface area contributed by atoms with Crippen LogP contribution in [0.5, 0.6) is 11.5 Å². The zero-order chi connectivity index (χ0) is 24.1. The summed E-state index contributed by atoms with van der Waals surface area (Å²) in [6.45, 7) is 3.96. The van der Waals surface area contributed by atoms with Gasteiger partial charge in [0.25, 0.3) is 5.22 Å². The summed E-state index contributed by atoms with van der Waals surface area (Å²) < 4.78 is 16.5. The van der Waals surface area contributed by atoms with E-state index in [1.165, 1.54) is 11.8 Å². The standard InChI is InChI=1S/C26H25N3O4S/c1-16-10-11-17(2)20(14-16)27-24(30)23(18-8-6-5-7-9-18)34-26-29-28-25(33-26)19-12-13-21(31-3)22(15-19)32-4/h5-15,23H,1-4H3,(H,27,30)/t23-/m1/s1. The monoisotopic (exact) mass is 475 g/mol. The van der Waals surface area contributed by atoms with Crippen LogP contribution in [0, 0.1) is 13.8 Å². The first-order valence-corrected chi connectivity index (χ1v) is 11.5. The highest BCUT2D eigenvalue weighted by Gasteiger charge is 2.26. The molecule has 0 bridgehead atoms. The summed E-state index contributed by atoms with van der Waals surface area (Å²) in [5, 5.41) is 11.1. The second kappa shape index (κ2) is 10.4. The van der Waals surface area contributed by atoms with Crippen molar-refractivity contribution in [3.05, 3.63) is 83.4 Å². The number of nitrogens with zero attached hydrogens (tertiary/aromatic N) is 2. The molecule has 8 heteroatoms. The van der Waals surface area contributed by atoms with Gasteiger partial charge in [0.05, 0.1) is 14.2 Å². The Morgan fingerprint density at radius 3 is 2.44 bits per heavy atom. The first kappa shape index (κ1) is 23.4. The Kier molecular flexibility index (Phi) is 7.18. The maximum atomic E-state index is 13.4. The second-order valence-corrected chi connectivity index (χ2v) is 8.72. The van der Waals surface area contributed by atoms with E-state index in [0.29, 0.717) is 23.0 Å². The molecule has 0 aliphatic heterocycles. The van der Waals surface area contributed by atoms with Crippen molar-refractivity contribution in [2.24, 2.45) is 0 Å². The number of aromatic nitrogens is 2. The molecular formula is C26H25N3O4S. The third kappa shape index (κ3) is 5.23. The quantitative estimate of drug-likeness (QED) is 0.320. The maximum absolute atomic E-state index is 13.4. The number of carbonyl (C=O) groups excluding carboxylic acids is 1. The Morgan fingerprint density at radius 2 is 1.71 bits per heavy atom. The molecule has 4 rings (SSSR count). The summed E-state index contributed by atoms with van der Waals surface area (Å²) in [7, 11) is 3.14. The van der Waals surface area contributed by atoms with Crippen LogP contribution in [-0.4, -0.2) is 30.3 Å². The second-order valence-electron chi connectivity index (χ2n) is 7.66. The minimum absolute atomic E-state index is 0.171. The maximum Gasteiger partial charge on any atom is 0.277 e. The minimum Gasteiger partial charge on any atom is -0.493 e. The van der Waals surface area contributed by atoms with Gasteiger partial charge in [-0.1, -0.05) is 42.5 Å². The summed E-state index contributed by atoms with van der Waals surface area (Å²) >= 11 is 1.20. The molecule has 0 radical (unpaired) electrons. The molecule has 0 saturated carbocycles. The van der Waals surface area contributed by atoms with E-state index in [2.05, 4.69) is 15.5 Å². The molecule has 1 N–H and O–H groups in total. The van der Waals surface area contributed by atoms with Crippen molar-refractivity contribution < 1.29 is 18.7 Å². The van der Waals surface area contributed by atoms with E-state index < -0.39 is 5.25 Å². The first-order chi connectivity index (χ1) is 16.5. The molecule has 1 aromatic heterocycles. The Labute approximate surface area is 202 Å². The number of rotatable bonds is 8. The number of anilines is 1. The predicted molar refractivity (Wildman–Crippen MR) is 132 cm³/mol. The fourth-order valence-electron chi connectivity index (χ4n) is 3.41. The van der Waals surface area contributed by atoms with E-state index in [1.54, 1.807) is 26.4 Å². The largest absolute Gasteiger partial charge is 0.493 e. The molecule has 0 unspecified atom stereocenters. The highest BCUT2D eigenvalue weighted by atomic mass is 32.2. The van der Waals surface area contributed by atoms with Gasteiger partial charge in [-0.15, -0.1) is 10.2 Å². The highest BCUT2D eigenvalue weighted by molar-refractivity contribution is 8.00. The number of methoxy groups -OCH3 is 2. The summed E-state index contributed by atoms with van der Waals surface area (Å²) in [5.74, 6) is 1.32. The van der Waals surface area contributed by atoms with Gasteiger partial charge in [-0.3, -0.25) is 4.79 Å². The van der Waals surface area contributed by atoms with Crippen molar-refractivity contribution in [2.45, 2.75) is 24.3 Å². The van der Waals surface area contributed by atoms with Gasteiger partial charge in [-0.05, 0) is 66.6 Å². The predicted octanol–water partition coefficient (Wildman–Crippen LogP) is 5.84. The third-order valence-corrected chi connectivity index (χ3v) is 6.34. The van der Waals surface area contributed by atoms with Crippen LogP contribution < -0.4 is 14.8 Å². The molecule has 0 aliphatic rings. The van der Waals surface area contributed by atoms with Gasteiger partial charge in [0.15, 0.2) is 11.5 Å². The molecule has 1 heterocycles. The molecule has 34 heavy (non-hydrogen) atoms. The van der Waals surface area contributed by atoms with Crippen LogP contribution in [0.2, 0.25) is 0 Å². The first-order valence-electron chi connectivity index (χ1n) is 10.6. The lowest BCUT2D eigenvalue weighted by atomic mass is 10.1. The average molecular weight is 476 g/mol. The lowest BCUT2D eigenvalue weighted by molar-refractivity contribution is -0.115. The molecule has 0 spiro atoms. The summed E-state index contributed by atoms with van der Waals surface area (Å²) in [6, 6.07) is 20.8. The molecule has 174 valence electrons. The van der Waals surface area contributed by atoms with Gasteiger partial charge < -0.3 is 19.2 Å². The summed E-state index contributed by atoms with van der Waals surface area (Å²) in [4.78, 5) is 13.4. The van der Waals surface area contributed by atoms with Crippen molar-refractivity contribution >= 4 is 23.4 Å². The Balaban J connectivity index is 1.60. The molecule has 0 aliphatic carbocycles. The Bertz CT molecular complexity index is 1290. The van der Waals surface area contributed by atoms with Gasteiger partial charge in [0, 0.05) is 11.3 Å². The van der Waals surface area contributed by atoms with Crippen molar-refractivity contribution in [1.82, 2.24) is 10.2 Å². The molecule has 3 aromatic carbocycles. The highest BCUT2D eigenvalue weighted by Crippen LogP contribution is 2.38. The zero-order valence-corrected chi connectivity index (χ0v) is 20.2. The van der Waals surface area contributed by atoms with Crippen LogP contribution in [0.15, 0.2) is 76.4 Å². The van der Waals surface area contributed by atoms with E-state index in [-0.39, 0.29) is 11.1 Å². The molecule has 0 saturated heterocycles. The van der Waals surface area contributed by atoms with Crippen molar-refractivity contribution in [3.63, 3.8) is 0 Å². The van der Waals surface area contributed by atoms with Crippen LogP contribution in [0.4, 0.5) is 5.69 Å². The Hall–Kier alpha value is -3.78. The van der Waals surface area contributed by atoms with Crippen molar-refractivity contribution in [1.29, 1.82) is 0 Å². The third-order valence-electron chi connectivity index (χ3n) is 5.25. The smallest absolute Gasteiger partial charge is 0.277 e. The van der Waals surface area contributed by atoms with Gasteiger partial charge in [-0.2, -0.15) is 0 Å². The molecule has 7 nitrogen and oxygen atoms in total. The number of ether oxygens (including phenoxy) is 2. The van der Waals surface area contributed by atoms with Gasteiger partial charge >= 0.3 is 0 Å². The average Bonchev–Trinajstić information content (AvgIpc) is 3.33. The van der Waals surface area contributed by atoms with Gasteiger partial charge in [0.2, 0.25) is 11.8 Å². The number of thioether (sulfide) groups is 1. The number of hydrogen-bond donors (Lipinski definition) is 1. The molecule has 4 aromatic rings. The SMILES string of the molecule is COc1ccc(-c2nnc(S[C@@H](C(=O)Nc3cc(C)ccc3C)c3ccccc3)o2)cc1OC. The number of carbonyl (C=O) groups is 1. The summed E-state index contributed by atoms with van der Waals surface area (Å²) in [6.07, 6.45) is 0. The lowest BCUT2D eigenvalue weighted by Gasteiger charge is -2.16. The molecule has 1 amide bonds. The van der Waals surface area contributed by atoms with E-state index in [0.717, 1.165) is 22.4 Å². The summed E-state index contributed by atoms with van der Waals surface area (Å²) in [5.41, 5.74) is 4.36. The Morgan fingerprint density at radius 1 is 0.941 bits per heavy atom. The minimum atomic E-state index is -0.584. The van der Waals surface area contributed by atoms with Gasteiger partial charge in [-0.25, -0.2) is 0 Å². The van der Waals surface area contributed by atoms with E-state index in [9.17, 15) is 4.79 Å². The number of aryl methyl sites for hydroxylation is 2. The van der Waals surface area contributed by atoms with Crippen LogP contribution in [-0.2, 0) is 4.79 Å². The van der Waals surface area contributed by atoms with Crippen LogP contribution in [0.25, 0.3) is 11.5 Å². The lowest BCUT2D eigenvalue weighted by Crippen LogP contribution is -2.19. The number of benzene rings is 3. The van der Waals surface area contributed by atoms with Crippen LogP contribution >= 0.6 is 11.8 Å². The zero-order valence-electron chi connectivity index (χ0n) is 19.4. The number of amides is 1. The molecular weight excluding hydrogens is 450 g/mol. The van der Waals surface area contributed by atoms with E-state index in [1.807, 2.05) is 68.4 Å². The number of hydrogen-bond acceptors (Lipinski definition) is 7. The topological polar surface area (TPSA) is 86.5 Å². The van der Waals surface area contributed by atoms with E-state index in [4.69, 9.17) is 13.9 Å². The van der Waals surface area contributed by atoms with Crippen molar-refractivity contribution in [2.75, 3.05) is 19.5 Å².